The predicted octanol–water partition coefficient (Wildman–Crippen LogP) is 7.20. The van der Waals surface area contributed by atoms with Gasteiger partial charge in [0.15, 0.2) is 5.69 Å². The number of nitrogens with two attached hydrogens (primary N) is 1. The molecule has 69 heavy (non-hydrogen) atoms. The van der Waals surface area contributed by atoms with Crippen LogP contribution in [0.25, 0.3) is 33.5 Å². The minimum absolute atomic E-state index is 0.0240. The van der Waals surface area contributed by atoms with Crippen LogP contribution in [0.4, 0.5) is 0 Å². The second-order valence-corrected chi connectivity index (χ2v) is 17.1. The Labute approximate surface area is 423 Å². The molecule has 0 aliphatic carbocycles. The zero-order valence-electron chi connectivity index (χ0n) is 38.8. The minimum Gasteiger partial charge on any atom is -0.476 e. The van der Waals surface area contributed by atoms with Crippen molar-refractivity contribution in [1.29, 1.82) is 0 Å². The molecule has 0 radical (unpaired) electrons. The van der Waals surface area contributed by atoms with E-state index in [0.29, 0.717) is 36.6 Å². The summed E-state index contributed by atoms with van der Waals surface area (Å²) in [7, 11) is 0. The Morgan fingerprint density at radius 1 is 0.667 bits per heavy atom. The molecule has 10 rings (SSSR count). The second-order valence-electron chi connectivity index (χ2n) is 17.1. The number of aryl methyl sites for hydroxylation is 4. The third kappa shape index (κ3) is 12.8. The highest BCUT2D eigenvalue weighted by atomic mass is 128. The number of β-amino-alcohol motifs (C(OH)–C–C–N with tert-alkyl or cyclic N) is 2. The normalized spacial score (nSPS) is 14.3. The molecule has 0 saturated carbocycles. The molecule has 0 saturated heterocycles. The summed E-state index contributed by atoms with van der Waals surface area (Å²) < 4.78 is 13.9. The van der Waals surface area contributed by atoms with Crippen LogP contribution in [0.15, 0.2) is 107 Å². The first-order chi connectivity index (χ1) is 33.3. The number of rotatable bonds is 11. The van der Waals surface area contributed by atoms with Gasteiger partial charge in [0.25, 0.3) is 5.91 Å². The maximum Gasteiger partial charge on any atom is 0.356 e. The number of hydrogen-bond donors (Lipinski definition) is 5. The average Bonchev–Trinajstić information content (AvgIpc) is 4.16. The Morgan fingerprint density at radius 3 is 1.57 bits per heavy atom. The number of halogens is 2. The number of hydrogen-bond acceptors (Lipinski definition) is 13. The highest BCUT2D eigenvalue weighted by molar-refractivity contribution is 15.0. The van der Waals surface area contributed by atoms with Crippen molar-refractivity contribution in [3.8, 4) is 22.3 Å². The summed E-state index contributed by atoms with van der Waals surface area (Å²) in [6.45, 7) is 12.9. The molecular weight excluding hydrogens is 1110 g/mol. The fourth-order valence-corrected chi connectivity index (χ4v) is 8.74. The predicted molar refractivity (Wildman–Crippen MR) is 280 cm³/mol. The lowest BCUT2D eigenvalue weighted by atomic mass is 10.00. The number of carbonyl (C=O) groups excluding carboxylic acids is 1. The van der Waals surface area contributed by atoms with Crippen molar-refractivity contribution < 1.29 is 34.0 Å². The summed E-state index contributed by atoms with van der Waals surface area (Å²) in [6.07, 6.45) is 7.92. The Hall–Kier alpha value is -5.56. The number of carboxylic acids is 1. The molecule has 0 fully saturated rings. The monoisotopic (exact) mass is 1160 g/mol. The first kappa shape index (κ1) is 51.3. The van der Waals surface area contributed by atoms with Gasteiger partial charge in [-0.05, 0) is 87.1 Å². The van der Waals surface area contributed by atoms with Gasteiger partial charge in [-0.15, -0.1) is 0 Å². The molecule has 0 bridgehead atoms. The molecule has 6 aromatic heterocycles. The molecule has 2 aromatic carbocycles. The van der Waals surface area contributed by atoms with Gasteiger partial charge in [-0.2, -0.15) is 0 Å². The number of benzene rings is 2. The number of carbonyl (C=O) groups is 2. The van der Waals surface area contributed by atoms with Gasteiger partial charge in [-0.25, -0.2) is 14.8 Å². The van der Waals surface area contributed by atoms with E-state index in [-0.39, 0.29) is 18.1 Å². The van der Waals surface area contributed by atoms with E-state index >= 15 is 0 Å². The number of aromatic nitrogens is 6. The number of pyridine rings is 2. The van der Waals surface area contributed by atoms with Crippen LogP contribution in [0.2, 0.25) is 0 Å². The van der Waals surface area contributed by atoms with E-state index < -0.39 is 18.2 Å². The van der Waals surface area contributed by atoms with Crippen LogP contribution >= 0.6 is 37.2 Å². The van der Waals surface area contributed by atoms with Gasteiger partial charge in [0.05, 0.1) is 23.6 Å². The van der Waals surface area contributed by atoms with Crippen LogP contribution in [-0.2, 0) is 25.9 Å². The van der Waals surface area contributed by atoms with Gasteiger partial charge in [-0.3, -0.25) is 14.6 Å². The molecule has 2 atom stereocenters. The van der Waals surface area contributed by atoms with E-state index in [1.54, 1.807) is 16.7 Å². The molecule has 6 N–H and O–H groups in total. The fraction of sp³-hybridized carbons (Fsp3) is 0.320. The molecule has 8 aromatic rings. The lowest BCUT2D eigenvalue weighted by molar-refractivity contribution is 0.0690. The first-order valence-corrected chi connectivity index (χ1v) is 28.8. The van der Waals surface area contributed by atoms with Crippen molar-refractivity contribution >= 4 is 60.4 Å². The molecule has 362 valence electrons. The molecular formula is C50H56I2N10O7. The summed E-state index contributed by atoms with van der Waals surface area (Å²) >= 11 is 4.24. The van der Waals surface area contributed by atoms with E-state index in [2.05, 4.69) is 115 Å². The van der Waals surface area contributed by atoms with Crippen LogP contribution in [0, 0.1) is 27.7 Å². The third-order valence-corrected chi connectivity index (χ3v) is 12.1. The molecule has 0 unspecified atom stereocenters. The van der Waals surface area contributed by atoms with Gasteiger partial charge in [0.2, 0.25) is 0 Å². The Kier molecular flexibility index (Phi) is 17.7. The van der Waals surface area contributed by atoms with E-state index in [4.69, 9.17) is 19.9 Å². The maximum atomic E-state index is 12.7. The second kappa shape index (κ2) is 23.8. The lowest BCUT2D eigenvalue weighted by Crippen LogP contribution is -2.42. The van der Waals surface area contributed by atoms with Gasteiger partial charge in [0.1, 0.15) is 28.5 Å². The Morgan fingerprint density at radius 2 is 1.12 bits per heavy atom. The number of imidazole rings is 2. The first-order valence-electron chi connectivity index (χ1n) is 22.5. The highest BCUT2D eigenvalue weighted by Gasteiger charge is 2.21. The van der Waals surface area contributed by atoms with Gasteiger partial charge in [-0.1, -0.05) is 58.8 Å². The zero-order chi connectivity index (χ0) is 49.2. The number of nitrogens with one attached hydrogen (secondary N) is 1. The summed E-state index contributed by atoms with van der Waals surface area (Å²) in [5, 5.41) is 39.6. The molecule has 17 nitrogen and oxygen atoms in total. The summed E-state index contributed by atoms with van der Waals surface area (Å²) in [5.41, 5.74) is 17.9. The van der Waals surface area contributed by atoms with Crippen LogP contribution < -0.4 is 11.1 Å². The van der Waals surface area contributed by atoms with Gasteiger partial charge in [0, 0.05) is 137 Å². The molecule has 2 aliphatic heterocycles. The highest BCUT2D eigenvalue weighted by Crippen LogP contribution is 2.29. The van der Waals surface area contributed by atoms with E-state index in [0.717, 1.165) is 84.2 Å². The van der Waals surface area contributed by atoms with E-state index in [1.807, 2.05) is 68.8 Å². The largest absolute Gasteiger partial charge is 0.476 e. The van der Waals surface area contributed by atoms with Crippen molar-refractivity contribution in [2.75, 3.05) is 39.3 Å². The summed E-state index contributed by atoms with van der Waals surface area (Å²) in [4.78, 5) is 36.5. The SMILES string of the molecule is Cc1noc(C)c1-c1ccc2nc(C(=O)NC[C@H](O)CN3CCc4ccccc4C3)cn2c1.Cc1noc(C)c1-c1ccc2nc(C(=O)O)cn2c1.II.NC[C@H](O)CN1CCc2ccccc2C1. The molecule has 19 heteroatoms. The topological polar surface area (TPSA) is 226 Å². The van der Waals surface area contributed by atoms with Crippen LogP contribution in [0.1, 0.15) is 66.1 Å². The third-order valence-electron chi connectivity index (χ3n) is 12.1. The minimum atomic E-state index is -1.04. The number of aromatic carboxylic acids is 1. The van der Waals surface area contributed by atoms with Crippen LogP contribution in [0.3, 0.4) is 0 Å². The molecule has 2 aliphatic rings. The average molecular weight is 1160 g/mol. The number of aliphatic hydroxyl groups is 2. The van der Waals surface area contributed by atoms with Crippen LogP contribution in [0.5, 0.6) is 0 Å². The van der Waals surface area contributed by atoms with E-state index in [1.165, 1.54) is 28.5 Å². The fourth-order valence-electron chi connectivity index (χ4n) is 8.74. The smallest absolute Gasteiger partial charge is 0.356 e. The van der Waals surface area contributed by atoms with Crippen LogP contribution in [-0.4, -0.2) is 118 Å². The number of carboxylic acid groups (broad SMARTS) is 1. The molecule has 1 amide bonds. The number of aliphatic hydroxyl groups excluding tert-OH is 2. The van der Waals surface area contributed by atoms with Crippen molar-refractivity contribution in [2.45, 2.75) is 65.8 Å². The zero-order valence-corrected chi connectivity index (χ0v) is 43.2. The Bertz CT molecular complexity index is 2980. The maximum absolute atomic E-state index is 12.7. The molecule has 8 heterocycles. The number of fused-ring (bicyclic) bond motifs is 4. The Balaban J connectivity index is 0.000000165. The number of amides is 1. The van der Waals surface area contributed by atoms with Crippen molar-refractivity contribution in [3.63, 3.8) is 0 Å². The van der Waals surface area contributed by atoms with Crippen molar-refractivity contribution in [2.24, 2.45) is 5.73 Å². The standard InChI is InChI=1S/C25H27N5O3.C13H11N3O3.C12H18N2O.I2/c1-16-24(17(2)33-28-16)20-7-8-23-27-22(15-30(23)13-20)25(32)26-11-21(31)14-29-10-9-18-5-3-4-6-19(18)12-29;1-7-12(8(2)19-15-7)9-3-4-11-14-10(13(17)18)6-16(11)5-9;13-7-12(15)9-14-6-5-10-3-1-2-4-11(10)8-14;1-2/h3-8,13,15,21,31H,9-12,14H2,1-2H3,(H,26,32);3-6H,1-2H3,(H,17,18);1-4,12,15H,5-9,13H2;/t21-;;12-;/m0.0./s1. The van der Waals surface area contributed by atoms with Gasteiger partial charge < -0.3 is 44.2 Å². The molecule has 0 spiro atoms. The summed E-state index contributed by atoms with van der Waals surface area (Å²) in [5.74, 6) is 0.134. The van der Waals surface area contributed by atoms with Gasteiger partial charge >= 0.3 is 5.97 Å². The summed E-state index contributed by atoms with van der Waals surface area (Å²) in [6, 6.07) is 24.4. The van der Waals surface area contributed by atoms with Crippen molar-refractivity contribution in [1.82, 2.24) is 44.2 Å². The number of nitrogens with zero attached hydrogens (tertiary/aromatic N) is 8. The van der Waals surface area contributed by atoms with E-state index in [9.17, 15) is 19.8 Å². The quantitative estimate of drug-likeness (QED) is 0.0809. The van der Waals surface area contributed by atoms with Crippen molar-refractivity contribution in [3.05, 3.63) is 154 Å². The lowest BCUT2D eigenvalue weighted by Gasteiger charge is -2.30.